The third-order valence-corrected chi connectivity index (χ3v) is 6.41. The van der Waals surface area contributed by atoms with Crippen molar-refractivity contribution in [3.05, 3.63) is 17.6 Å². The van der Waals surface area contributed by atoms with Crippen LogP contribution in [-0.2, 0) is 10.0 Å². The molecule has 1 atom stereocenters. The number of likely N-dealkylation sites (tertiary alicyclic amines) is 1. The van der Waals surface area contributed by atoms with E-state index >= 15 is 0 Å². The van der Waals surface area contributed by atoms with Gasteiger partial charge in [-0.3, -0.25) is 4.90 Å². The van der Waals surface area contributed by atoms with Crippen molar-refractivity contribution in [3.63, 3.8) is 0 Å². The summed E-state index contributed by atoms with van der Waals surface area (Å²) in [5.41, 5.74) is 1.08. The fraction of sp³-hybridized carbons (Fsp3) is 0.750. The Balaban J connectivity index is 1.74. The van der Waals surface area contributed by atoms with Crippen LogP contribution in [0.1, 0.15) is 43.2 Å². The quantitative estimate of drug-likeness (QED) is 0.881. The molecule has 2 fully saturated rings. The minimum Gasteiger partial charge on any atom is -0.373 e. The van der Waals surface area contributed by atoms with E-state index in [1.165, 1.54) is 6.26 Å². The zero-order valence-corrected chi connectivity index (χ0v) is 15.5. The molecule has 0 radical (unpaired) electrons. The minimum atomic E-state index is -3.07. The van der Waals surface area contributed by atoms with Gasteiger partial charge in [0, 0.05) is 32.2 Å². The average molecular weight is 353 g/mol. The van der Waals surface area contributed by atoms with Crippen molar-refractivity contribution in [1.29, 1.82) is 0 Å². The fourth-order valence-corrected chi connectivity index (χ4v) is 4.81. The predicted molar refractivity (Wildman–Crippen MR) is 94.4 cm³/mol. The molecule has 24 heavy (non-hydrogen) atoms. The van der Waals surface area contributed by atoms with Crippen LogP contribution >= 0.6 is 0 Å². The number of anilines is 1. The van der Waals surface area contributed by atoms with Crippen LogP contribution < -0.4 is 5.32 Å². The molecule has 0 aliphatic carbocycles. The van der Waals surface area contributed by atoms with Gasteiger partial charge in [0.15, 0.2) is 0 Å². The Bertz CT molecular complexity index is 686. The fourth-order valence-electron chi connectivity index (χ4n) is 3.94. The summed E-state index contributed by atoms with van der Waals surface area (Å²) in [5.74, 6) is 1.65. The van der Waals surface area contributed by atoms with Gasteiger partial charge in [-0.2, -0.15) is 0 Å². The van der Waals surface area contributed by atoms with E-state index in [-0.39, 0.29) is 0 Å². The van der Waals surface area contributed by atoms with Crippen LogP contribution in [0.5, 0.6) is 0 Å². The molecule has 8 heteroatoms. The highest BCUT2D eigenvalue weighted by molar-refractivity contribution is 7.88. The molecule has 7 nitrogen and oxygen atoms in total. The van der Waals surface area contributed by atoms with Crippen LogP contribution in [0.15, 0.2) is 6.07 Å². The summed E-state index contributed by atoms with van der Waals surface area (Å²) in [6.45, 7) is 4.23. The van der Waals surface area contributed by atoms with Crippen molar-refractivity contribution < 1.29 is 8.42 Å². The largest absolute Gasteiger partial charge is 0.373 e. The summed E-state index contributed by atoms with van der Waals surface area (Å²) >= 11 is 0. The summed E-state index contributed by atoms with van der Waals surface area (Å²) in [6.07, 6.45) is 5.36. The Labute approximate surface area is 144 Å². The van der Waals surface area contributed by atoms with Crippen LogP contribution in [0.3, 0.4) is 0 Å². The first-order valence-electron chi connectivity index (χ1n) is 8.62. The molecule has 0 bridgehead atoms. The van der Waals surface area contributed by atoms with Gasteiger partial charge in [0.05, 0.1) is 18.0 Å². The van der Waals surface area contributed by atoms with E-state index in [1.54, 1.807) is 4.31 Å². The summed E-state index contributed by atoms with van der Waals surface area (Å²) < 4.78 is 25.0. The van der Waals surface area contributed by atoms with Crippen LogP contribution in [0.25, 0.3) is 0 Å². The topological polar surface area (TPSA) is 78.4 Å². The van der Waals surface area contributed by atoms with Gasteiger partial charge >= 0.3 is 0 Å². The molecule has 0 aromatic carbocycles. The molecule has 3 rings (SSSR count). The Morgan fingerprint density at radius 2 is 1.88 bits per heavy atom. The monoisotopic (exact) mass is 353 g/mol. The zero-order valence-electron chi connectivity index (χ0n) is 14.7. The number of aryl methyl sites for hydroxylation is 1. The van der Waals surface area contributed by atoms with Crippen LogP contribution in [0.4, 0.5) is 5.82 Å². The number of sulfonamides is 1. The van der Waals surface area contributed by atoms with E-state index in [1.807, 2.05) is 20.0 Å². The van der Waals surface area contributed by atoms with Crippen LogP contribution in [-0.4, -0.2) is 66.6 Å². The SMILES string of the molecule is CNc1cc([C@@H]2CCCN2C2CCN(S(C)(=O)=O)CC2)nc(C)n1. The lowest BCUT2D eigenvalue weighted by atomic mass is 10.0. The number of rotatable bonds is 4. The van der Waals surface area contributed by atoms with E-state index in [9.17, 15) is 8.42 Å². The van der Waals surface area contributed by atoms with E-state index in [0.29, 0.717) is 25.2 Å². The maximum Gasteiger partial charge on any atom is 0.211 e. The Hall–Kier alpha value is -1.25. The van der Waals surface area contributed by atoms with Crippen molar-refractivity contribution in [2.75, 3.05) is 38.3 Å². The Morgan fingerprint density at radius 1 is 1.17 bits per heavy atom. The lowest BCUT2D eigenvalue weighted by molar-refractivity contribution is 0.125. The molecule has 2 saturated heterocycles. The molecule has 0 saturated carbocycles. The number of hydrogen-bond acceptors (Lipinski definition) is 6. The van der Waals surface area contributed by atoms with Gasteiger partial charge < -0.3 is 5.32 Å². The van der Waals surface area contributed by atoms with Gasteiger partial charge in [-0.25, -0.2) is 22.7 Å². The number of nitrogens with zero attached hydrogens (tertiary/aromatic N) is 4. The first-order valence-corrected chi connectivity index (χ1v) is 10.5. The van der Waals surface area contributed by atoms with E-state index < -0.39 is 10.0 Å². The molecule has 2 aliphatic rings. The molecule has 0 spiro atoms. The van der Waals surface area contributed by atoms with Crippen molar-refractivity contribution in [2.24, 2.45) is 0 Å². The standard InChI is InChI=1S/C16H27N5O2S/c1-12-18-14(11-16(17-2)19-12)15-5-4-8-21(15)13-6-9-20(10-7-13)24(3,22)23/h11,13,15H,4-10H2,1-3H3,(H,17,18,19)/t15-/m0/s1. The van der Waals surface area contributed by atoms with E-state index in [2.05, 4.69) is 20.2 Å². The summed E-state index contributed by atoms with van der Waals surface area (Å²) in [5, 5.41) is 3.11. The summed E-state index contributed by atoms with van der Waals surface area (Å²) in [4.78, 5) is 11.6. The molecule has 1 aromatic rings. The smallest absolute Gasteiger partial charge is 0.211 e. The second-order valence-corrected chi connectivity index (χ2v) is 8.75. The van der Waals surface area contributed by atoms with Crippen molar-refractivity contribution >= 4 is 15.8 Å². The molecular formula is C16H27N5O2S. The number of piperidine rings is 1. The van der Waals surface area contributed by atoms with Crippen molar-refractivity contribution in [1.82, 2.24) is 19.2 Å². The first kappa shape index (κ1) is 17.6. The normalized spacial score (nSPS) is 24.4. The molecule has 3 heterocycles. The summed E-state index contributed by atoms with van der Waals surface area (Å²) in [7, 11) is -1.19. The maximum atomic E-state index is 11.7. The molecule has 1 aromatic heterocycles. The lowest BCUT2D eigenvalue weighted by Crippen LogP contribution is -2.46. The number of aromatic nitrogens is 2. The highest BCUT2D eigenvalue weighted by Gasteiger charge is 2.36. The molecule has 0 amide bonds. The maximum absolute atomic E-state index is 11.7. The van der Waals surface area contributed by atoms with Gasteiger partial charge in [-0.15, -0.1) is 0 Å². The third-order valence-electron chi connectivity index (χ3n) is 5.11. The second kappa shape index (κ2) is 6.93. The lowest BCUT2D eigenvalue weighted by Gasteiger charge is -2.38. The highest BCUT2D eigenvalue weighted by Crippen LogP contribution is 2.36. The highest BCUT2D eigenvalue weighted by atomic mass is 32.2. The van der Waals surface area contributed by atoms with E-state index in [4.69, 9.17) is 0 Å². The number of nitrogens with one attached hydrogen (secondary N) is 1. The van der Waals surface area contributed by atoms with Crippen LogP contribution in [0, 0.1) is 6.92 Å². The van der Waals surface area contributed by atoms with Gasteiger partial charge in [0.2, 0.25) is 10.0 Å². The molecule has 0 unspecified atom stereocenters. The third kappa shape index (κ3) is 3.70. The minimum absolute atomic E-state index is 0.314. The molecular weight excluding hydrogens is 326 g/mol. The average Bonchev–Trinajstić information content (AvgIpc) is 3.03. The van der Waals surface area contributed by atoms with Gasteiger partial charge in [0.25, 0.3) is 0 Å². The molecule has 134 valence electrons. The Morgan fingerprint density at radius 3 is 2.50 bits per heavy atom. The number of hydrogen-bond donors (Lipinski definition) is 1. The molecule has 1 N–H and O–H groups in total. The summed E-state index contributed by atoms with van der Waals surface area (Å²) in [6, 6.07) is 2.79. The second-order valence-electron chi connectivity index (χ2n) is 6.76. The predicted octanol–water partition coefficient (Wildman–Crippen LogP) is 1.39. The van der Waals surface area contributed by atoms with Crippen LogP contribution in [0.2, 0.25) is 0 Å². The van der Waals surface area contributed by atoms with Crippen molar-refractivity contribution in [2.45, 2.75) is 44.7 Å². The van der Waals surface area contributed by atoms with Gasteiger partial charge in [-0.1, -0.05) is 0 Å². The zero-order chi connectivity index (χ0) is 17.3. The van der Waals surface area contributed by atoms with E-state index in [0.717, 1.165) is 49.6 Å². The Kier molecular flexibility index (Phi) is 5.08. The first-order chi connectivity index (χ1) is 11.4. The molecule has 2 aliphatic heterocycles. The van der Waals surface area contributed by atoms with Crippen molar-refractivity contribution in [3.8, 4) is 0 Å². The van der Waals surface area contributed by atoms with Gasteiger partial charge in [-0.05, 0) is 39.2 Å². The van der Waals surface area contributed by atoms with Gasteiger partial charge in [0.1, 0.15) is 11.6 Å².